The zero-order valence-corrected chi connectivity index (χ0v) is 12.5. The molecule has 1 atom stereocenters. The van der Waals surface area contributed by atoms with Crippen LogP contribution in [0.1, 0.15) is 17.3 Å². The highest BCUT2D eigenvalue weighted by molar-refractivity contribution is 6.12. The van der Waals surface area contributed by atoms with Gasteiger partial charge in [0.1, 0.15) is 23.2 Å². The third-order valence-corrected chi connectivity index (χ3v) is 3.24. The van der Waals surface area contributed by atoms with E-state index in [-0.39, 0.29) is 22.5 Å². The van der Waals surface area contributed by atoms with Crippen LogP contribution in [0.3, 0.4) is 0 Å². The van der Waals surface area contributed by atoms with Gasteiger partial charge in [0.25, 0.3) is 0 Å². The van der Waals surface area contributed by atoms with Gasteiger partial charge in [-0.2, -0.15) is 0 Å². The van der Waals surface area contributed by atoms with E-state index in [9.17, 15) is 14.7 Å². The molecule has 0 aliphatic rings. The Morgan fingerprint density at radius 3 is 2.45 bits per heavy atom. The molecule has 1 N–H and O–H groups in total. The number of aliphatic hydroxyl groups excluding tert-OH is 1. The summed E-state index contributed by atoms with van der Waals surface area (Å²) in [5, 5.41) is 10.4. The number of hydrogen-bond acceptors (Lipinski definition) is 6. The van der Waals surface area contributed by atoms with Gasteiger partial charge in [-0.15, -0.1) is 0 Å². The number of ketones is 1. The molecule has 0 aliphatic carbocycles. The van der Waals surface area contributed by atoms with Gasteiger partial charge in [0.05, 0.1) is 19.6 Å². The largest absolute Gasteiger partial charge is 0.496 e. The molecule has 6 nitrogen and oxygen atoms in total. The maximum atomic E-state index is 12.5. The van der Waals surface area contributed by atoms with Gasteiger partial charge >= 0.3 is 5.63 Å². The van der Waals surface area contributed by atoms with Crippen LogP contribution in [0.2, 0.25) is 0 Å². The van der Waals surface area contributed by atoms with Crippen molar-refractivity contribution in [1.29, 1.82) is 0 Å². The van der Waals surface area contributed by atoms with Crippen LogP contribution in [-0.2, 0) is 0 Å². The highest BCUT2D eigenvalue weighted by Gasteiger charge is 2.27. The van der Waals surface area contributed by atoms with Crippen LogP contribution in [0, 0.1) is 0 Å². The number of rotatable bonds is 5. The van der Waals surface area contributed by atoms with Crippen molar-refractivity contribution in [3.05, 3.63) is 46.3 Å². The quantitative estimate of drug-likeness (QED) is 0.516. The smallest absolute Gasteiger partial charge is 0.336 e. The van der Waals surface area contributed by atoms with Crippen molar-refractivity contribution < 1.29 is 23.8 Å². The molecule has 0 bridgehead atoms. The first-order valence-electron chi connectivity index (χ1n) is 6.47. The molecule has 6 heteroatoms. The summed E-state index contributed by atoms with van der Waals surface area (Å²) < 4.78 is 15.6. The van der Waals surface area contributed by atoms with Gasteiger partial charge in [0.2, 0.25) is 5.78 Å². The molecule has 0 saturated carbocycles. The number of aliphatic hydroxyl groups is 1. The second-order valence-corrected chi connectivity index (χ2v) is 4.77. The lowest BCUT2D eigenvalue weighted by Gasteiger charge is -2.15. The summed E-state index contributed by atoms with van der Waals surface area (Å²) in [5.41, 5.74) is -0.364. The molecule has 0 aliphatic heterocycles. The lowest BCUT2D eigenvalue weighted by Crippen LogP contribution is -2.22. The Morgan fingerprint density at radius 2 is 1.91 bits per heavy atom. The summed E-state index contributed by atoms with van der Waals surface area (Å²) in [7, 11) is 2.81. The predicted molar refractivity (Wildman–Crippen MR) is 80.7 cm³/mol. The maximum absolute atomic E-state index is 12.5. The first kappa shape index (κ1) is 15.8. The molecule has 1 unspecified atom stereocenters. The molecule has 22 heavy (non-hydrogen) atoms. The molecule has 1 aromatic carbocycles. The standard InChI is InChI=1S/C16H16O6/c1-8(2)14(18)15(19)13-11(21-4)7-10(20-3)9-5-6-12(17)22-16(9)13/h5-7,14,18H,1H2,2-4H3. The fourth-order valence-electron chi connectivity index (χ4n) is 2.10. The van der Waals surface area contributed by atoms with Crippen LogP contribution in [-0.4, -0.2) is 31.2 Å². The maximum Gasteiger partial charge on any atom is 0.336 e. The number of carbonyl (C=O) groups excluding carboxylic acids is 1. The third kappa shape index (κ3) is 2.60. The van der Waals surface area contributed by atoms with Gasteiger partial charge in [-0.1, -0.05) is 6.58 Å². The van der Waals surface area contributed by atoms with Crippen LogP contribution in [0.5, 0.6) is 11.5 Å². The summed E-state index contributed by atoms with van der Waals surface area (Å²) in [6, 6.07) is 4.21. The minimum Gasteiger partial charge on any atom is -0.496 e. The van der Waals surface area contributed by atoms with Gasteiger partial charge in [-0.05, 0) is 18.6 Å². The lowest BCUT2D eigenvalue weighted by atomic mass is 9.98. The number of Topliss-reactive ketones (excluding diaryl/α,β-unsaturated/α-hetero) is 1. The molecule has 0 amide bonds. The molecule has 2 rings (SSSR count). The Kier molecular flexibility index (Phi) is 4.32. The average molecular weight is 304 g/mol. The first-order chi connectivity index (χ1) is 10.4. The van der Waals surface area contributed by atoms with Crippen LogP contribution in [0.15, 0.2) is 39.6 Å². The van der Waals surface area contributed by atoms with Crippen molar-refractivity contribution in [2.45, 2.75) is 13.0 Å². The van der Waals surface area contributed by atoms with Crippen LogP contribution < -0.4 is 15.1 Å². The summed E-state index contributed by atoms with van der Waals surface area (Å²) in [4.78, 5) is 24.0. The molecule has 0 fully saturated rings. The Bertz CT molecular complexity index is 802. The summed E-state index contributed by atoms with van der Waals surface area (Å²) in [6.45, 7) is 5.08. The van der Waals surface area contributed by atoms with Crippen molar-refractivity contribution in [2.75, 3.05) is 14.2 Å². The second-order valence-electron chi connectivity index (χ2n) is 4.77. The topological polar surface area (TPSA) is 86.0 Å². The van der Waals surface area contributed by atoms with E-state index in [2.05, 4.69) is 6.58 Å². The number of fused-ring (bicyclic) bond motifs is 1. The van der Waals surface area contributed by atoms with Gasteiger partial charge in [0.15, 0.2) is 5.58 Å². The van der Waals surface area contributed by atoms with Gasteiger partial charge in [-0.25, -0.2) is 4.79 Å². The highest BCUT2D eigenvalue weighted by atomic mass is 16.5. The summed E-state index contributed by atoms with van der Waals surface area (Å²) >= 11 is 0. The summed E-state index contributed by atoms with van der Waals surface area (Å²) in [6.07, 6.45) is -1.42. The van der Waals surface area contributed by atoms with E-state index in [4.69, 9.17) is 13.9 Å². The summed E-state index contributed by atoms with van der Waals surface area (Å²) in [5.74, 6) is -0.132. The van der Waals surface area contributed by atoms with E-state index in [1.54, 1.807) is 0 Å². The molecular weight excluding hydrogens is 288 g/mol. The minimum atomic E-state index is -1.42. The third-order valence-electron chi connectivity index (χ3n) is 3.24. The zero-order chi connectivity index (χ0) is 16.4. The van der Waals surface area contributed by atoms with E-state index >= 15 is 0 Å². The van der Waals surface area contributed by atoms with Crippen molar-refractivity contribution in [1.82, 2.24) is 0 Å². The number of ether oxygens (including phenoxy) is 2. The Morgan fingerprint density at radius 1 is 1.27 bits per heavy atom. The molecule has 0 radical (unpaired) electrons. The van der Waals surface area contributed by atoms with Crippen LogP contribution in [0.4, 0.5) is 0 Å². The van der Waals surface area contributed by atoms with E-state index in [1.165, 1.54) is 39.3 Å². The Labute approximate surface area is 126 Å². The first-order valence-corrected chi connectivity index (χ1v) is 6.47. The average Bonchev–Trinajstić information content (AvgIpc) is 2.51. The predicted octanol–water partition coefficient (Wildman–Crippen LogP) is 1.93. The van der Waals surface area contributed by atoms with Crippen molar-refractivity contribution >= 4 is 16.8 Å². The number of hydrogen-bond donors (Lipinski definition) is 1. The molecule has 0 saturated heterocycles. The number of carbonyl (C=O) groups is 1. The molecular formula is C16H16O6. The monoisotopic (exact) mass is 304 g/mol. The normalized spacial score (nSPS) is 12.0. The molecule has 1 heterocycles. The highest BCUT2D eigenvalue weighted by Crippen LogP contribution is 2.36. The van der Waals surface area contributed by atoms with E-state index in [0.717, 1.165) is 0 Å². The second kappa shape index (κ2) is 6.03. The number of benzene rings is 1. The SMILES string of the molecule is C=C(C)C(O)C(=O)c1c(OC)cc(OC)c2ccc(=O)oc12. The van der Waals surface area contributed by atoms with Crippen molar-refractivity contribution in [3.8, 4) is 11.5 Å². The van der Waals surface area contributed by atoms with Crippen LogP contribution in [0.25, 0.3) is 11.0 Å². The molecule has 1 aromatic heterocycles. The fraction of sp³-hybridized carbons (Fsp3) is 0.250. The van der Waals surface area contributed by atoms with Gasteiger partial charge in [0, 0.05) is 12.1 Å². The van der Waals surface area contributed by atoms with Gasteiger partial charge < -0.3 is 19.0 Å². The molecule has 2 aromatic rings. The minimum absolute atomic E-state index is 0.00833. The Hall–Kier alpha value is -2.60. The Balaban J connectivity index is 2.86. The van der Waals surface area contributed by atoms with Crippen LogP contribution >= 0.6 is 0 Å². The van der Waals surface area contributed by atoms with Gasteiger partial charge in [-0.3, -0.25) is 4.79 Å². The van der Waals surface area contributed by atoms with Crippen molar-refractivity contribution in [3.63, 3.8) is 0 Å². The lowest BCUT2D eigenvalue weighted by molar-refractivity contribution is 0.0803. The van der Waals surface area contributed by atoms with E-state index in [0.29, 0.717) is 11.1 Å². The number of methoxy groups -OCH3 is 2. The van der Waals surface area contributed by atoms with Crippen molar-refractivity contribution in [2.24, 2.45) is 0 Å². The van der Waals surface area contributed by atoms with E-state index < -0.39 is 17.5 Å². The zero-order valence-electron chi connectivity index (χ0n) is 12.5. The van der Waals surface area contributed by atoms with E-state index in [1.807, 2.05) is 0 Å². The molecule has 0 spiro atoms. The molecule has 116 valence electrons. The fourth-order valence-corrected chi connectivity index (χ4v) is 2.10.